The third-order valence-electron chi connectivity index (χ3n) is 3.64. The lowest BCUT2D eigenvalue weighted by molar-refractivity contribution is -0.144. The fraction of sp³-hybridized carbons (Fsp3) is 0.353. The van der Waals surface area contributed by atoms with Gasteiger partial charge in [0.15, 0.2) is 0 Å². The molecule has 10 heteroatoms. The summed E-state index contributed by atoms with van der Waals surface area (Å²) in [6.45, 7) is 3.62. The molecule has 3 aromatic rings. The first-order valence-corrected chi connectivity index (χ1v) is 8.15. The third kappa shape index (κ3) is 4.64. The second-order valence-electron chi connectivity index (χ2n) is 6.09. The summed E-state index contributed by atoms with van der Waals surface area (Å²) in [5.74, 6) is -0.570. The van der Waals surface area contributed by atoms with Crippen molar-refractivity contribution < 1.29 is 23.0 Å². The summed E-state index contributed by atoms with van der Waals surface area (Å²) >= 11 is 0. The number of hydrogen-bond acceptors (Lipinski definition) is 6. The smallest absolute Gasteiger partial charge is 0.453 e. The van der Waals surface area contributed by atoms with Gasteiger partial charge in [0, 0.05) is 18.3 Å². The highest BCUT2D eigenvalue weighted by atomic mass is 19.4. The minimum atomic E-state index is -4.67. The molecule has 0 aliphatic rings. The van der Waals surface area contributed by atoms with Crippen LogP contribution in [-0.4, -0.2) is 43.9 Å². The first-order chi connectivity index (χ1) is 12.7. The van der Waals surface area contributed by atoms with Gasteiger partial charge >= 0.3 is 6.18 Å². The van der Waals surface area contributed by atoms with E-state index in [0.717, 1.165) is 10.1 Å². The summed E-state index contributed by atoms with van der Waals surface area (Å²) in [6.07, 6.45) is -5.56. The van der Waals surface area contributed by atoms with Gasteiger partial charge in [0.2, 0.25) is 0 Å². The van der Waals surface area contributed by atoms with E-state index in [9.17, 15) is 18.3 Å². The number of hydrogen-bond donors (Lipinski definition) is 2. The molecule has 3 rings (SSSR count). The number of aliphatic hydroxyl groups is 1. The van der Waals surface area contributed by atoms with E-state index in [-0.39, 0.29) is 24.7 Å². The van der Waals surface area contributed by atoms with Gasteiger partial charge in [0.05, 0.1) is 0 Å². The van der Waals surface area contributed by atoms with Crippen molar-refractivity contribution in [3.05, 3.63) is 47.4 Å². The van der Waals surface area contributed by atoms with Crippen LogP contribution in [0.1, 0.15) is 17.1 Å². The van der Waals surface area contributed by atoms with E-state index < -0.39 is 18.1 Å². The molecule has 0 spiro atoms. The zero-order valence-corrected chi connectivity index (χ0v) is 14.7. The highest BCUT2D eigenvalue weighted by Crippen LogP contribution is 2.27. The predicted molar refractivity (Wildman–Crippen MR) is 91.7 cm³/mol. The molecule has 2 aromatic heterocycles. The zero-order valence-electron chi connectivity index (χ0n) is 14.7. The lowest BCUT2D eigenvalue weighted by Crippen LogP contribution is -2.27. The molecule has 7 nitrogen and oxygen atoms in total. The average molecular weight is 381 g/mol. The van der Waals surface area contributed by atoms with Crippen LogP contribution in [0.25, 0.3) is 5.78 Å². The molecule has 0 bridgehead atoms. The monoisotopic (exact) mass is 381 g/mol. The predicted octanol–water partition coefficient (Wildman–Crippen LogP) is 2.61. The second-order valence-corrected chi connectivity index (χ2v) is 6.09. The fourth-order valence-electron chi connectivity index (χ4n) is 2.41. The Morgan fingerprint density at radius 1 is 1.22 bits per heavy atom. The minimum absolute atomic E-state index is 0.0226. The van der Waals surface area contributed by atoms with Gasteiger partial charge in [0.25, 0.3) is 11.6 Å². The minimum Gasteiger partial charge on any atom is -0.491 e. The molecule has 1 aromatic carbocycles. The molecular weight excluding hydrogens is 363 g/mol. The Balaban J connectivity index is 1.68. The largest absolute Gasteiger partial charge is 0.491 e. The van der Waals surface area contributed by atoms with Gasteiger partial charge in [-0.15, -0.1) is 5.10 Å². The Bertz CT molecular complexity index is 942. The van der Waals surface area contributed by atoms with Gasteiger partial charge in [0.1, 0.15) is 24.3 Å². The van der Waals surface area contributed by atoms with Crippen LogP contribution in [0.4, 0.5) is 19.0 Å². The Labute approximate surface area is 152 Å². The topological polar surface area (TPSA) is 84.6 Å². The van der Waals surface area contributed by atoms with E-state index in [0.29, 0.717) is 11.4 Å². The fourth-order valence-corrected chi connectivity index (χ4v) is 2.41. The summed E-state index contributed by atoms with van der Waals surface area (Å²) in [5.41, 5.74) is 1.50. The Morgan fingerprint density at radius 2 is 2.00 bits per heavy atom. The van der Waals surface area contributed by atoms with Crippen molar-refractivity contribution in [1.82, 2.24) is 19.6 Å². The van der Waals surface area contributed by atoms with Crippen molar-refractivity contribution >= 4 is 11.6 Å². The van der Waals surface area contributed by atoms with Crippen LogP contribution in [-0.2, 0) is 6.18 Å². The van der Waals surface area contributed by atoms with Crippen LogP contribution in [0, 0.1) is 13.8 Å². The van der Waals surface area contributed by atoms with Crippen LogP contribution in [0.3, 0.4) is 0 Å². The molecule has 2 heterocycles. The van der Waals surface area contributed by atoms with Crippen molar-refractivity contribution in [2.75, 3.05) is 18.5 Å². The number of fused-ring (bicyclic) bond motifs is 1. The van der Waals surface area contributed by atoms with Crippen molar-refractivity contribution in [2.24, 2.45) is 0 Å². The molecule has 0 aliphatic carbocycles. The van der Waals surface area contributed by atoms with Gasteiger partial charge in [-0.05, 0) is 31.5 Å². The van der Waals surface area contributed by atoms with Gasteiger partial charge in [-0.25, -0.2) is 4.98 Å². The highest BCUT2D eigenvalue weighted by molar-refractivity contribution is 5.45. The molecular formula is C17H18F3N5O2. The van der Waals surface area contributed by atoms with Crippen LogP contribution in [0.2, 0.25) is 0 Å². The summed E-state index contributed by atoms with van der Waals surface area (Å²) in [6, 6.07) is 8.90. The zero-order chi connectivity index (χ0) is 19.6. The molecule has 0 amide bonds. The number of anilines is 1. The SMILES string of the molecule is Cc1cccc(OCC(O)CNc2cc(C)nc3nc(C(F)(F)F)nn23)c1. The summed E-state index contributed by atoms with van der Waals surface area (Å²) in [7, 11) is 0. The van der Waals surface area contributed by atoms with Gasteiger partial charge < -0.3 is 15.2 Å². The lowest BCUT2D eigenvalue weighted by Gasteiger charge is -2.15. The molecule has 0 saturated carbocycles. The quantitative estimate of drug-likeness (QED) is 0.683. The first-order valence-electron chi connectivity index (χ1n) is 8.15. The van der Waals surface area contributed by atoms with E-state index >= 15 is 0 Å². The Kier molecular flexibility index (Phi) is 5.17. The number of aromatic nitrogens is 4. The van der Waals surface area contributed by atoms with Gasteiger partial charge in [-0.2, -0.15) is 22.7 Å². The standard InChI is InChI=1S/C17H18F3N5O2/c1-10-4-3-5-13(6-10)27-9-12(26)8-21-14-7-11(2)22-16-23-15(17(18,19)20)24-25(14)16/h3-7,12,21,26H,8-9H2,1-2H3. The molecule has 0 radical (unpaired) electrons. The van der Waals surface area contributed by atoms with Crippen LogP contribution in [0.5, 0.6) is 5.75 Å². The summed E-state index contributed by atoms with van der Waals surface area (Å²) in [4.78, 5) is 7.35. The number of aliphatic hydroxyl groups excluding tert-OH is 1. The van der Waals surface area contributed by atoms with Crippen LogP contribution in [0.15, 0.2) is 30.3 Å². The van der Waals surface area contributed by atoms with Crippen LogP contribution < -0.4 is 10.1 Å². The van der Waals surface area contributed by atoms with Crippen LogP contribution >= 0.6 is 0 Å². The second kappa shape index (κ2) is 7.39. The van der Waals surface area contributed by atoms with E-state index in [4.69, 9.17) is 4.74 Å². The van der Waals surface area contributed by atoms with E-state index in [1.165, 1.54) is 6.07 Å². The average Bonchev–Trinajstić information content (AvgIpc) is 3.02. The summed E-state index contributed by atoms with van der Waals surface area (Å²) < 4.78 is 44.9. The Hall–Kier alpha value is -2.88. The van der Waals surface area contributed by atoms with Gasteiger partial charge in [-0.3, -0.25) is 0 Å². The summed E-state index contributed by atoms with van der Waals surface area (Å²) in [5, 5.41) is 16.4. The van der Waals surface area contributed by atoms with E-state index in [2.05, 4.69) is 20.4 Å². The highest BCUT2D eigenvalue weighted by Gasteiger charge is 2.36. The number of aryl methyl sites for hydroxylation is 2. The van der Waals surface area contributed by atoms with E-state index in [1.807, 2.05) is 25.1 Å². The molecule has 27 heavy (non-hydrogen) atoms. The maximum Gasteiger partial charge on any atom is 0.453 e. The first kappa shape index (κ1) is 18.9. The molecule has 144 valence electrons. The number of alkyl halides is 3. The number of nitrogens with one attached hydrogen (secondary N) is 1. The molecule has 1 unspecified atom stereocenters. The third-order valence-corrected chi connectivity index (χ3v) is 3.64. The van der Waals surface area contributed by atoms with Crippen molar-refractivity contribution in [3.63, 3.8) is 0 Å². The number of benzene rings is 1. The number of nitrogens with zero attached hydrogens (tertiary/aromatic N) is 4. The maximum atomic E-state index is 12.8. The van der Waals surface area contributed by atoms with Crippen molar-refractivity contribution in [1.29, 1.82) is 0 Å². The molecule has 0 aliphatic heterocycles. The van der Waals surface area contributed by atoms with E-state index in [1.54, 1.807) is 13.0 Å². The van der Waals surface area contributed by atoms with Crippen molar-refractivity contribution in [2.45, 2.75) is 26.1 Å². The molecule has 1 atom stereocenters. The number of ether oxygens (including phenoxy) is 1. The van der Waals surface area contributed by atoms with Gasteiger partial charge in [-0.1, -0.05) is 12.1 Å². The number of rotatable bonds is 6. The van der Waals surface area contributed by atoms with Crippen molar-refractivity contribution in [3.8, 4) is 5.75 Å². The molecule has 0 fully saturated rings. The Morgan fingerprint density at radius 3 is 2.70 bits per heavy atom. The normalized spacial score (nSPS) is 13.0. The number of halogens is 3. The molecule has 0 saturated heterocycles. The lowest BCUT2D eigenvalue weighted by atomic mass is 10.2. The molecule has 2 N–H and O–H groups in total. The maximum absolute atomic E-state index is 12.8.